The van der Waals surface area contributed by atoms with E-state index in [9.17, 15) is 9.59 Å². The van der Waals surface area contributed by atoms with Crippen LogP contribution >= 0.6 is 12.2 Å². The molecule has 1 aliphatic rings. The first-order chi connectivity index (χ1) is 14.9. The molecule has 2 aromatic rings. The van der Waals surface area contributed by atoms with Crippen LogP contribution in [0.5, 0.6) is 0 Å². The largest absolute Gasteiger partial charge is 0.463 e. The summed E-state index contributed by atoms with van der Waals surface area (Å²) in [5.41, 5.74) is 4.39. The number of thiocarbonyl (C=S) groups is 1. The van der Waals surface area contributed by atoms with E-state index in [1.54, 1.807) is 13.0 Å². The average Bonchev–Trinajstić information content (AvgIpc) is 2.74. The van der Waals surface area contributed by atoms with E-state index in [1.165, 1.54) is 0 Å². The summed E-state index contributed by atoms with van der Waals surface area (Å²) in [6, 6.07) is 14.4. The molecule has 0 aliphatic carbocycles. The first-order valence-corrected chi connectivity index (χ1v) is 10.7. The Bertz CT molecular complexity index is 1030. The number of nitrogens with zero attached hydrogens (tertiary/aromatic N) is 1. The summed E-state index contributed by atoms with van der Waals surface area (Å²) >= 11 is 5.51. The average molecular weight is 438 g/mol. The number of ether oxygens (including phenoxy) is 1. The molecule has 0 aromatic heterocycles. The van der Waals surface area contributed by atoms with Crippen LogP contribution in [0, 0.1) is 6.92 Å². The Labute approximate surface area is 188 Å². The van der Waals surface area contributed by atoms with Gasteiger partial charge in [0.1, 0.15) is 0 Å². The number of amides is 1. The summed E-state index contributed by atoms with van der Waals surface area (Å²) in [6.07, 6.45) is 0. The number of carbonyl (C=O) groups excluding carboxylic acids is 2. The number of hydrogen-bond donors (Lipinski definition) is 2. The lowest BCUT2D eigenvalue weighted by atomic mass is 9.95. The molecule has 0 saturated carbocycles. The molecule has 0 bridgehead atoms. The summed E-state index contributed by atoms with van der Waals surface area (Å²) < 4.78 is 5.30. The monoisotopic (exact) mass is 437 g/mol. The molecule has 0 radical (unpaired) electrons. The molecule has 1 amide bonds. The van der Waals surface area contributed by atoms with Gasteiger partial charge in [0.15, 0.2) is 5.11 Å². The van der Waals surface area contributed by atoms with Gasteiger partial charge in [-0.3, -0.25) is 4.79 Å². The van der Waals surface area contributed by atoms with Crippen molar-refractivity contribution in [3.8, 4) is 0 Å². The van der Waals surface area contributed by atoms with Crippen molar-refractivity contribution in [1.29, 1.82) is 0 Å². The van der Waals surface area contributed by atoms with Crippen LogP contribution < -0.4 is 10.6 Å². The molecular formula is C24H27N3O3S. The fourth-order valence-corrected chi connectivity index (χ4v) is 4.05. The van der Waals surface area contributed by atoms with E-state index >= 15 is 0 Å². The molecule has 7 heteroatoms. The zero-order valence-corrected chi connectivity index (χ0v) is 19.0. The Morgan fingerprint density at radius 2 is 1.77 bits per heavy atom. The van der Waals surface area contributed by atoms with Crippen LogP contribution in [0.25, 0.3) is 0 Å². The van der Waals surface area contributed by atoms with Crippen LogP contribution in [0.4, 0.5) is 5.69 Å². The summed E-state index contributed by atoms with van der Waals surface area (Å²) in [5.74, 6) is -0.528. The minimum absolute atomic E-state index is 0.163. The van der Waals surface area contributed by atoms with Gasteiger partial charge in [0.2, 0.25) is 0 Å². The van der Waals surface area contributed by atoms with Crippen molar-refractivity contribution in [2.75, 3.05) is 18.5 Å². The summed E-state index contributed by atoms with van der Waals surface area (Å²) in [7, 11) is 0. The van der Waals surface area contributed by atoms with Gasteiger partial charge in [-0.25, -0.2) is 4.79 Å². The summed E-state index contributed by atoms with van der Waals surface area (Å²) in [4.78, 5) is 27.2. The fourth-order valence-electron chi connectivity index (χ4n) is 3.67. The number of anilines is 1. The van der Waals surface area contributed by atoms with Gasteiger partial charge in [0, 0.05) is 23.5 Å². The Hall–Kier alpha value is -3.19. The minimum Gasteiger partial charge on any atom is -0.463 e. The Kier molecular flexibility index (Phi) is 7.07. The van der Waals surface area contributed by atoms with Crippen LogP contribution in [0.3, 0.4) is 0 Å². The Morgan fingerprint density at radius 1 is 1.10 bits per heavy atom. The molecule has 1 atom stereocenters. The molecule has 0 fully saturated rings. The number of benzene rings is 2. The van der Waals surface area contributed by atoms with Gasteiger partial charge in [0.05, 0.1) is 18.2 Å². The van der Waals surface area contributed by atoms with Gasteiger partial charge < -0.3 is 20.3 Å². The fraction of sp³-hybridized carbons (Fsp3) is 0.292. The molecule has 1 heterocycles. The quantitative estimate of drug-likeness (QED) is 0.518. The lowest BCUT2D eigenvalue weighted by Gasteiger charge is -2.37. The summed E-state index contributed by atoms with van der Waals surface area (Å²) in [5, 5.41) is 6.74. The molecule has 1 unspecified atom stereocenters. The first-order valence-electron chi connectivity index (χ1n) is 10.3. The highest BCUT2D eigenvalue weighted by Crippen LogP contribution is 2.32. The maximum Gasteiger partial charge on any atom is 0.338 e. The predicted octanol–water partition coefficient (Wildman–Crippen LogP) is 4.34. The number of hydrogen-bond acceptors (Lipinski definition) is 4. The highest BCUT2D eigenvalue weighted by molar-refractivity contribution is 7.80. The smallest absolute Gasteiger partial charge is 0.338 e. The van der Waals surface area contributed by atoms with Gasteiger partial charge in [-0.2, -0.15) is 0 Å². The Balaban J connectivity index is 1.87. The number of aryl methyl sites for hydroxylation is 1. The maximum absolute atomic E-state index is 12.7. The lowest BCUT2D eigenvalue weighted by Crippen LogP contribution is -2.47. The van der Waals surface area contributed by atoms with Crippen LogP contribution in [-0.4, -0.2) is 35.0 Å². The molecule has 2 aromatic carbocycles. The van der Waals surface area contributed by atoms with E-state index in [2.05, 4.69) is 10.6 Å². The topological polar surface area (TPSA) is 70.7 Å². The zero-order chi connectivity index (χ0) is 22.5. The van der Waals surface area contributed by atoms with Gasteiger partial charge >= 0.3 is 5.97 Å². The highest BCUT2D eigenvalue weighted by Gasteiger charge is 2.34. The third-order valence-electron chi connectivity index (χ3n) is 5.30. The van der Waals surface area contributed by atoms with Crippen LogP contribution in [0.2, 0.25) is 0 Å². The number of carbonyl (C=O) groups is 2. The van der Waals surface area contributed by atoms with Crippen molar-refractivity contribution in [2.24, 2.45) is 0 Å². The standard InChI is InChI=1S/C24H27N3O3S/c1-5-27-16(4)20(23(29)30-6-2)21(26-24(27)31)17-11-13-18(14-12-17)25-22(28)19-10-8-7-9-15(19)3/h7-14,21H,5-6H2,1-4H3,(H,25,28)(H,26,31). The molecule has 3 rings (SSSR count). The van der Waals surface area contributed by atoms with Gasteiger partial charge in [-0.15, -0.1) is 0 Å². The second kappa shape index (κ2) is 9.75. The van der Waals surface area contributed by atoms with Crippen molar-refractivity contribution in [3.63, 3.8) is 0 Å². The van der Waals surface area contributed by atoms with E-state index in [-0.39, 0.29) is 11.9 Å². The van der Waals surface area contributed by atoms with Crippen LogP contribution in [0.15, 0.2) is 59.8 Å². The molecule has 6 nitrogen and oxygen atoms in total. The van der Waals surface area contributed by atoms with Crippen molar-refractivity contribution < 1.29 is 14.3 Å². The van der Waals surface area contributed by atoms with Gasteiger partial charge in [-0.1, -0.05) is 30.3 Å². The molecule has 31 heavy (non-hydrogen) atoms. The number of rotatable bonds is 6. The van der Waals surface area contributed by atoms with Crippen molar-refractivity contribution in [1.82, 2.24) is 10.2 Å². The first kappa shape index (κ1) is 22.5. The van der Waals surface area contributed by atoms with E-state index in [4.69, 9.17) is 17.0 Å². The lowest BCUT2D eigenvalue weighted by molar-refractivity contribution is -0.139. The molecule has 1 aliphatic heterocycles. The predicted molar refractivity (Wildman–Crippen MR) is 126 cm³/mol. The number of esters is 1. The van der Waals surface area contributed by atoms with Crippen LogP contribution in [-0.2, 0) is 9.53 Å². The van der Waals surface area contributed by atoms with Crippen molar-refractivity contribution in [3.05, 3.63) is 76.5 Å². The second-order valence-electron chi connectivity index (χ2n) is 7.24. The van der Waals surface area contributed by atoms with Crippen LogP contribution in [0.1, 0.15) is 48.3 Å². The molecule has 0 saturated heterocycles. The van der Waals surface area contributed by atoms with E-state index < -0.39 is 6.04 Å². The molecular weight excluding hydrogens is 410 g/mol. The molecule has 162 valence electrons. The third-order valence-corrected chi connectivity index (χ3v) is 5.64. The van der Waals surface area contributed by atoms with Crippen molar-refractivity contribution in [2.45, 2.75) is 33.7 Å². The van der Waals surface area contributed by atoms with E-state index in [0.717, 1.165) is 16.8 Å². The summed E-state index contributed by atoms with van der Waals surface area (Å²) in [6.45, 7) is 8.49. The van der Waals surface area contributed by atoms with E-state index in [1.807, 2.05) is 68.1 Å². The third kappa shape index (κ3) is 4.77. The molecule has 0 spiro atoms. The van der Waals surface area contributed by atoms with Gasteiger partial charge in [-0.05, 0) is 69.2 Å². The number of allylic oxidation sites excluding steroid dienone is 1. The normalized spacial score (nSPS) is 16.1. The Morgan fingerprint density at radius 3 is 2.39 bits per heavy atom. The second-order valence-corrected chi connectivity index (χ2v) is 7.62. The van der Waals surface area contributed by atoms with Gasteiger partial charge in [0.25, 0.3) is 5.91 Å². The van der Waals surface area contributed by atoms with Crippen molar-refractivity contribution >= 4 is 34.9 Å². The minimum atomic E-state index is -0.421. The number of nitrogens with one attached hydrogen (secondary N) is 2. The highest BCUT2D eigenvalue weighted by atomic mass is 32.1. The zero-order valence-electron chi connectivity index (χ0n) is 18.2. The SMILES string of the molecule is CCOC(=O)C1=C(C)N(CC)C(=S)NC1c1ccc(NC(=O)c2ccccc2C)cc1. The molecule has 2 N–H and O–H groups in total. The van der Waals surface area contributed by atoms with E-state index in [0.29, 0.717) is 35.1 Å². The maximum atomic E-state index is 12.7.